The molecular formula is C16H12N2. The van der Waals surface area contributed by atoms with Gasteiger partial charge in [-0.3, -0.25) is 0 Å². The summed E-state index contributed by atoms with van der Waals surface area (Å²) in [6.45, 7) is 7.79. The van der Waals surface area contributed by atoms with E-state index in [9.17, 15) is 0 Å². The van der Waals surface area contributed by atoms with Crippen LogP contribution in [0.4, 0.5) is 0 Å². The molecule has 1 aromatic heterocycles. The second-order valence-electron chi connectivity index (χ2n) is 4.07. The Kier molecular flexibility index (Phi) is 2.41. The van der Waals surface area contributed by atoms with Gasteiger partial charge in [-0.25, -0.2) is 9.97 Å². The van der Waals surface area contributed by atoms with Gasteiger partial charge in [0.05, 0.1) is 5.52 Å². The molecule has 2 heteroatoms. The minimum absolute atomic E-state index is 0.925. The zero-order valence-corrected chi connectivity index (χ0v) is 9.93. The van der Waals surface area contributed by atoms with E-state index in [1.54, 1.807) is 6.33 Å². The second kappa shape index (κ2) is 4.08. The van der Waals surface area contributed by atoms with Crippen LogP contribution in [0.3, 0.4) is 0 Å². The summed E-state index contributed by atoms with van der Waals surface area (Å²) in [6, 6.07) is 8.22. The Bertz CT molecular complexity index is 706. The van der Waals surface area contributed by atoms with Gasteiger partial charge in [0.1, 0.15) is 6.33 Å². The van der Waals surface area contributed by atoms with Gasteiger partial charge < -0.3 is 0 Å². The van der Waals surface area contributed by atoms with Crippen molar-refractivity contribution in [3.05, 3.63) is 61.1 Å². The Morgan fingerprint density at radius 2 is 1.61 bits per heavy atom. The third-order valence-corrected chi connectivity index (χ3v) is 3.17. The van der Waals surface area contributed by atoms with Gasteiger partial charge in [-0.15, -0.1) is 0 Å². The van der Waals surface area contributed by atoms with Crippen molar-refractivity contribution in [2.75, 3.05) is 0 Å². The first-order valence-corrected chi connectivity index (χ1v) is 5.76. The molecule has 0 unspecified atom stereocenters. The molecule has 0 amide bonds. The number of nitrogens with zero attached hydrogens (tertiary/aromatic N) is 2. The van der Waals surface area contributed by atoms with Crippen molar-refractivity contribution in [3.8, 4) is 0 Å². The van der Waals surface area contributed by atoms with Crippen molar-refractivity contribution in [1.82, 2.24) is 9.97 Å². The Morgan fingerprint density at radius 3 is 2.33 bits per heavy atom. The minimum Gasteiger partial charge on any atom is -0.244 e. The molecule has 0 aliphatic carbocycles. The Hall–Kier alpha value is -2.48. The molecule has 3 rings (SSSR count). The van der Waals surface area contributed by atoms with E-state index in [1.807, 2.05) is 30.5 Å². The monoisotopic (exact) mass is 232 g/mol. The zero-order chi connectivity index (χ0) is 12.5. The molecule has 18 heavy (non-hydrogen) atoms. The van der Waals surface area contributed by atoms with Gasteiger partial charge in [0.2, 0.25) is 0 Å². The molecule has 0 atom stereocenters. The van der Waals surface area contributed by atoms with E-state index in [2.05, 4.69) is 35.3 Å². The van der Waals surface area contributed by atoms with Crippen LogP contribution in [-0.4, -0.2) is 9.97 Å². The summed E-state index contributed by atoms with van der Waals surface area (Å²) in [4.78, 5) is 8.50. The molecule has 0 bridgehead atoms. The smallest absolute Gasteiger partial charge is 0.116 e. The maximum atomic E-state index is 4.38. The highest BCUT2D eigenvalue weighted by molar-refractivity contribution is 6.13. The standard InChI is InChI=1S/C16H12N2/c1-3-11-12(4-2)16-15(9-17-10-18-16)14-8-6-5-7-13(11)14/h3-10H,1-2H2. The highest BCUT2D eigenvalue weighted by Gasteiger charge is 2.10. The number of rotatable bonds is 2. The van der Waals surface area contributed by atoms with Crippen molar-refractivity contribution in [1.29, 1.82) is 0 Å². The average Bonchev–Trinajstić information content (AvgIpc) is 2.45. The van der Waals surface area contributed by atoms with Crippen molar-refractivity contribution >= 4 is 33.8 Å². The van der Waals surface area contributed by atoms with Crippen molar-refractivity contribution in [2.24, 2.45) is 0 Å². The Morgan fingerprint density at radius 1 is 0.889 bits per heavy atom. The molecule has 0 N–H and O–H groups in total. The van der Waals surface area contributed by atoms with Gasteiger partial charge in [0.25, 0.3) is 0 Å². The molecule has 1 heterocycles. The summed E-state index contributed by atoms with van der Waals surface area (Å²) >= 11 is 0. The van der Waals surface area contributed by atoms with Crippen LogP contribution in [0.15, 0.2) is 49.9 Å². The summed E-state index contributed by atoms with van der Waals surface area (Å²) in [7, 11) is 0. The molecule has 0 aliphatic heterocycles. The third kappa shape index (κ3) is 1.36. The lowest BCUT2D eigenvalue weighted by molar-refractivity contribution is 1.22. The molecule has 86 valence electrons. The molecule has 3 aromatic rings. The normalized spacial score (nSPS) is 10.7. The summed E-state index contributed by atoms with van der Waals surface area (Å²) < 4.78 is 0. The molecule has 0 saturated carbocycles. The first-order chi connectivity index (χ1) is 8.86. The van der Waals surface area contributed by atoms with Crippen LogP contribution < -0.4 is 0 Å². The van der Waals surface area contributed by atoms with Gasteiger partial charge in [-0.05, 0) is 16.3 Å². The maximum absolute atomic E-state index is 4.38. The van der Waals surface area contributed by atoms with E-state index in [0.717, 1.165) is 32.8 Å². The molecule has 2 aromatic carbocycles. The predicted octanol–water partition coefficient (Wildman–Crippen LogP) is 4.07. The molecule has 0 radical (unpaired) electrons. The lowest BCUT2D eigenvalue weighted by atomic mass is 9.95. The van der Waals surface area contributed by atoms with E-state index in [1.165, 1.54) is 0 Å². The van der Waals surface area contributed by atoms with E-state index < -0.39 is 0 Å². The van der Waals surface area contributed by atoms with Gasteiger partial charge in [0.15, 0.2) is 0 Å². The first-order valence-electron chi connectivity index (χ1n) is 5.76. The van der Waals surface area contributed by atoms with E-state index in [0.29, 0.717) is 0 Å². The van der Waals surface area contributed by atoms with Crippen molar-refractivity contribution in [2.45, 2.75) is 0 Å². The van der Waals surface area contributed by atoms with Gasteiger partial charge in [0, 0.05) is 17.1 Å². The fourth-order valence-electron chi connectivity index (χ4n) is 2.39. The van der Waals surface area contributed by atoms with Gasteiger partial charge in [-0.2, -0.15) is 0 Å². The minimum atomic E-state index is 0.925. The Labute approximate surface area is 105 Å². The van der Waals surface area contributed by atoms with Crippen LogP contribution >= 0.6 is 0 Å². The molecule has 0 aliphatic rings. The molecule has 0 saturated heterocycles. The van der Waals surface area contributed by atoms with Gasteiger partial charge in [-0.1, -0.05) is 49.6 Å². The van der Waals surface area contributed by atoms with Crippen LogP contribution in [0, 0.1) is 0 Å². The molecule has 2 nitrogen and oxygen atoms in total. The largest absolute Gasteiger partial charge is 0.244 e. The number of hydrogen-bond donors (Lipinski definition) is 0. The fraction of sp³-hybridized carbons (Fsp3) is 0. The SMILES string of the molecule is C=Cc1c(C=C)c2ncncc2c2ccccc12. The highest BCUT2D eigenvalue weighted by atomic mass is 14.8. The highest BCUT2D eigenvalue weighted by Crippen LogP contribution is 2.32. The summed E-state index contributed by atoms with van der Waals surface area (Å²) in [5.41, 5.74) is 3.02. The van der Waals surface area contributed by atoms with E-state index >= 15 is 0 Å². The van der Waals surface area contributed by atoms with Gasteiger partial charge >= 0.3 is 0 Å². The fourth-order valence-corrected chi connectivity index (χ4v) is 2.39. The van der Waals surface area contributed by atoms with Crippen LogP contribution in [0.5, 0.6) is 0 Å². The zero-order valence-electron chi connectivity index (χ0n) is 9.93. The quantitative estimate of drug-likeness (QED) is 0.622. The number of aromatic nitrogens is 2. The third-order valence-electron chi connectivity index (χ3n) is 3.17. The first kappa shape index (κ1) is 10.7. The van der Waals surface area contributed by atoms with E-state index in [4.69, 9.17) is 0 Å². The number of benzene rings is 2. The van der Waals surface area contributed by atoms with Crippen LogP contribution in [-0.2, 0) is 0 Å². The average molecular weight is 232 g/mol. The summed E-state index contributed by atoms with van der Waals surface area (Å²) in [5.74, 6) is 0. The molecule has 0 fully saturated rings. The number of hydrogen-bond acceptors (Lipinski definition) is 2. The Balaban J connectivity index is 2.70. The lowest BCUT2D eigenvalue weighted by Gasteiger charge is -2.11. The van der Waals surface area contributed by atoms with Crippen LogP contribution in [0.25, 0.3) is 33.8 Å². The lowest BCUT2D eigenvalue weighted by Crippen LogP contribution is -1.91. The predicted molar refractivity (Wildman–Crippen MR) is 77.2 cm³/mol. The van der Waals surface area contributed by atoms with Crippen molar-refractivity contribution < 1.29 is 0 Å². The second-order valence-corrected chi connectivity index (χ2v) is 4.07. The van der Waals surface area contributed by atoms with Crippen LogP contribution in [0.2, 0.25) is 0 Å². The van der Waals surface area contributed by atoms with E-state index in [-0.39, 0.29) is 0 Å². The number of fused-ring (bicyclic) bond motifs is 3. The van der Waals surface area contributed by atoms with Crippen LogP contribution in [0.1, 0.15) is 11.1 Å². The summed E-state index contributed by atoms with van der Waals surface area (Å²) in [5, 5.41) is 3.35. The maximum Gasteiger partial charge on any atom is 0.116 e. The molecule has 0 spiro atoms. The molecular weight excluding hydrogens is 220 g/mol. The summed E-state index contributed by atoms with van der Waals surface area (Å²) in [6.07, 6.45) is 7.11. The topological polar surface area (TPSA) is 25.8 Å². The van der Waals surface area contributed by atoms with Crippen molar-refractivity contribution in [3.63, 3.8) is 0 Å².